The fourth-order valence-corrected chi connectivity index (χ4v) is 2.70. The molecule has 1 N–H and O–H groups in total. The number of hydrogen-bond acceptors (Lipinski definition) is 3. The van der Waals surface area contributed by atoms with E-state index < -0.39 is 11.9 Å². The van der Waals surface area contributed by atoms with E-state index in [0.717, 1.165) is 0 Å². The number of benzene rings is 1. The smallest absolute Gasteiger partial charge is 0.336 e. The molecule has 0 spiro atoms. The largest absolute Gasteiger partial charge is 0.478 e. The fraction of sp³-hybridized carbons (Fsp3) is 0.333. The second-order valence-electron chi connectivity index (χ2n) is 5.25. The van der Waals surface area contributed by atoms with Crippen molar-refractivity contribution in [2.24, 2.45) is 0 Å². The molecule has 1 aliphatic heterocycles. The van der Waals surface area contributed by atoms with Gasteiger partial charge in [0.2, 0.25) is 0 Å². The first kappa shape index (κ1) is 13.7. The van der Waals surface area contributed by atoms with Gasteiger partial charge >= 0.3 is 5.97 Å². The highest BCUT2D eigenvalue weighted by molar-refractivity contribution is 6.03. The highest BCUT2D eigenvalue weighted by Crippen LogP contribution is 2.31. The lowest BCUT2D eigenvalue weighted by atomic mass is 10.0. The maximum atomic E-state index is 13.5. The molecule has 1 fully saturated rings. The first-order valence-electron chi connectivity index (χ1n) is 6.71. The van der Waals surface area contributed by atoms with Crippen molar-refractivity contribution in [3.8, 4) is 0 Å². The summed E-state index contributed by atoms with van der Waals surface area (Å²) in [6, 6.07) is 6.43. The Bertz CT molecular complexity index is 703. The van der Waals surface area contributed by atoms with E-state index >= 15 is 0 Å². The Balaban J connectivity index is 2.04. The highest BCUT2D eigenvalue weighted by Gasteiger charge is 2.35. The Kier molecular flexibility index (Phi) is 3.23. The van der Waals surface area contributed by atoms with Crippen LogP contribution in [0.4, 0.5) is 14.5 Å². The van der Waals surface area contributed by atoms with Crippen LogP contribution >= 0.6 is 0 Å². The molecule has 0 saturated carbocycles. The van der Waals surface area contributed by atoms with Crippen LogP contribution < -0.4 is 4.90 Å². The second kappa shape index (κ2) is 4.95. The quantitative estimate of drug-likeness (QED) is 0.923. The van der Waals surface area contributed by atoms with Gasteiger partial charge < -0.3 is 10.0 Å². The number of piperidine rings is 1. The molecule has 0 amide bonds. The zero-order chi connectivity index (χ0) is 15.0. The predicted molar refractivity (Wildman–Crippen MR) is 75.1 cm³/mol. The fourth-order valence-electron chi connectivity index (χ4n) is 2.70. The summed E-state index contributed by atoms with van der Waals surface area (Å²) in [7, 11) is 0. The van der Waals surface area contributed by atoms with Crippen molar-refractivity contribution in [1.82, 2.24) is 4.98 Å². The molecule has 21 heavy (non-hydrogen) atoms. The van der Waals surface area contributed by atoms with Crippen molar-refractivity contribution in [2.45, 2.75) is 18.8 Å². The summed E-state index contributed by atoms with van der Waals surface area (Å²) in [4.78, 5) is 17.0. The van der Waals surface area contributed by atoms with Crippen LogP contribution in [0.15, 0.2) is 30.5 Å². The van der Waals surface area contributed by atoms with Crippen molar-refractivity contribution < 1.29 is 18.7 Å². The molecule has 2 heterocycles. The van der Waals surface area contributed by atoms with Gasteiger partial charge in [0.15, 0.2) is 0 Å². The van der Waals surface area contributed by atoms with Gasteiger partial charge in [0.05, 0.1) is 17.6 Å². The number of alkyl halides is 2. The first-order chi connectivity index (χ1) is 9.96. The maximum Gasteiger partial charge on any atom is 0.336 e. The second-order valence-corrected chi connectivity index (χ2v) is 5.25. The molecule has 6 heteroatoms. The van der Waals surface area contributed by atoms with Gasteiger partial charge in [-0.1, -0.05) is 0 Å². The molecule has 1 aromatic carbocycles. The number of aromatic carboxylic acids is 1. The van der Waals surface area contributed by atoms with Crippen LogP contribution in [0.5, 0.6) is 0 Å². The van der Waals surface area contributed by atoms with E-state index in [0.29, 0.717) is 29.6 Å². The van der Waals surface area contributed by atoms with E-state index in [2.05, 4.69) is 4.98 Å². The number of nitrogens with zero attached hydrogens (tertiary/aromatic N) is 2. The Hall–Kier alpha value is -2.24. The van der Waals surface area contributed by atoms with Crippen LogP contribution in [0, 0.1) is 0 Å². The van der Waals surface area contributed by atoms with Gasteiger partial charge in [-0.25, -0.2) is 13.6 Å². The third kappa shape index (κ3) is 2.66. The van der Waals surface area contributed by atoms with Crippen molar-refractivity contribution in [3.63, 3.8) is 0 Å². The molecule has 2 aromatic rings. The van der Waals surface area contributed by atoms with Gasteiger partial charge in [-0.05, 0) is 30.7 Å². The number of rotatable bonds is 2. The minimum absolute atomic E-state index is 0.0982. The van der Waals surface area contributed by atoms with Gasteiger partial charge in [0.25, 0.3) is 5.92 Å². The van der Waals surface area contributed by atoms with E-state index in [1.54, 1.807) is 23.1 Å². The van der Waals surface area contributed by atoms with E-state index in [1.807, 2.05) is 0 Å². The van der Waals surface area contributed by atoms with Crippen LogP contribution in [0.2, 0.25) is 0 Å². The van der Waals surface area contributed by atoms with Crippen molar-refractivity contribution in [1.29, 1.82) is 0 Å². The standard InChI is InChI=1S/C15H14F2N2O2/c16-15(17)5-1-7-19(9-15)10-2-3-13-12(8-10)11(14(20)21)4-6-18-13/h2-4,6,8H,1,5,7,9H2,(H,20,21). The molecule has 0 bridgehead atoms. The Morgan fingerprint density at radius 1 is 1.33 bits per heavy atom. The van der Waals surface area contributed by atoms with Crippen LogP contribution in [0.3, 0.4) is 0 Å². The van der Waals surface area contributed by atoms with Gasteiger partial charge in [0, 0.05) is 30.2 Å². The summed E-state index contributed by atoms with van der Waals surface area (Å²) in [5, 5.41) is 9.67. The van der Waals surface area contributed by atoms with Crippen LogP contribution in [0.25, 0.3) is 10.9 Å². The number of carbonyl (C=O) groups is 1. The zero-order valence-corrected chi connectivity index (χ0v) is 11.2. The molecule has 4 nitrogen and oxygen atoms in total. The molecule has 110 valence electrons. The Morgan fingerprint density at radius 3 is 2.86 bits per heavy atom. The third-order valence-corrected chi connectivity index (χ3v) is 3.71. The number of halogens is 2. The SMILES string of the molecule is O=C(O)c1ccnc2ccc(N3CCCC(F)(F)C3)cc12. The number of fused-ring (bicyclic) bond motifs is 1. The number of hydrogen-bond donors (Lipinski definition) is 1. The average molecular weight is 292 g/mol. The lowest BCUT2D eigenvalue weighted by Crippen LogP contribution is -2.42. The Morgan fingerprint density at radius 2 is 2.14 bits per heavy atom. The average Bonchev–Trinajstić information content (AvgIpc) is 2.44. The van der Waals surface area contributed by atoms with Gasteiger partial charge in [-0.3, -0.25) is 4.98 Å². The number of pyridine rings is 1. The van der Waals surface area contributed by atoms with Gasteiger partial charge in [-0.15, -0.1) is 0 Å². The van der Waals surface area contributed by atoms with Gasteiger partial charge in [-0.2, -0.15) is 0 Å². The summed E-state index contributed by atoms with van der Waals surface area (Å²) in [5.41, 5.74) is 1.28. The molecular formula is C15H14F2N2O2. The molecule has 1 aromatic heterocycles. The summed E-state index contributed by atoms with van der Waals surface area (Å²) >= 11 is 0. The van der Waals surface area contributed by atoms with E-state index in [9.17, 15) is 18.7 Å². The number of aromatic nitrogens is 1. The molecule has 0 radical (unpaired) electrons. The lowest BCUT2D eigenvalue weighted by molar-refractivity contribution is -0.0116. The van der Waals surface area contributed by atoms with Crippen LogP contribution in [-0.4, -0.2) is 35.1 Å². The monoisotopic (exact) mass is 292 g/mol. The maximum absolute atomic E-state index is 13.5. The number of anilines is 1. The first-order valence-corrected chi connectivity index (χ1v) is 6.71. The van der Waals surface area contributed by atoms with E-state index in [-0.39, 0.29) is 18.5 Å². The molecule has 1 saturated heterocycles. The molecule has 1 aliphatic rings. The number of carboxylic acids is 1. The molecular weight excluding hydrogens is 278 g/mol. The Labute approximate surface area is 120 Å². The molecule has 0 atom stereocenters. The van der Waals surface area contributed by atoms with Crippen molar-refractivity contribution in [2.75, 3.05) is 18.0 Å². The van der Waals surface area contributed by atoms with Crippen LogP contribution in [0.1, 0.15) is 23.2 Å². The zero-order valence-electron chi connectivity index (χ0n) is 11.2. The molecule has 0 aliphatic carbocycles. The summed E-state index contributed by atoms with van der Waals surface area (Å²) in [6.07, 6.45) is 1.75. The van der Waals surface area contributed by atoms with E-state index in [4.69, 9.17) is 0 Å². The highest BCUT2D eigenvalue weighted by atomic mass is 19.3. The van der Waals surface area contributed by atoms with Crippen molar-refractivity contribution >= 4 is 22.6 Å². The minimum Gasteiger partial charge on any atom is -0.478 e. The van der Waals surface area contributed by atoms with Gasteiger partial charge in [0.1, 0.15) is 0 Å². The lowest BCUT2D eigenvalue weighted by Gasteiger charge is -2.34. The molecule has 3 rings (SSSR count). The van der Waals surface area contributed by atoms with Crippen molar-refractivity contribution in [3.05, 3.63) is 36.0 Å². The number of carboxylic acid groups (broad SMARTS) is 1. The van der Waals surface area contributed by atoms with Crippen LogP contribution in [-0.2, 0) is 0 Å². The topological polar surface area (TPSA) is 53.4 Å². The summed E-state index contributed by atoms with van der Waals surface area (Å²) in [5.74, 6) is -3.75. The predicted octanol–water partition coefficient (Wildman–Crippen LogP) is 3.17. The minimum atomic E-state index is -2.70. The van der Waals surface area contributed by atoms with E-state index in [1.165, 1.54) is 12.3 Å². The normalized spacial score (nSPS) is 17.9. The summed E-state index contributed by atoms with van der Waals surface area (Å²) < 4.78 is 27.0. The third-order valence-electron chi connectivity index (χ3n) is 3.71. The summed E-state index contributed by atoms with van der Waals surface area (Å²) in [6.45, 7) is 0.213. The molecule has 0 unspecified atom stereocenters.